The monoisotopic (exact) mass is 282 g/mol. The molecule has 94 valence electrons. The van der Waals surface area contributed by atoms with E-state index in [9.17, 15) is 4.39 Å². The van der Waals surface area contributed by atoms with Gasteiger partial charge >= 0.3 is 0 Å². The van der Waals surface area contributed by atoms with Crippen LogP contribution in [0, 0.1) is 5.82 Å². The first-order valence-electron chi connectivity index (χ1n) is 5.45. The molecule has 0 aliphatic carbocycles. The molecule has 2 aromatic carbocycles. The molecule has 0 amide bonds. The summed E-state index contributed by atoms with van der Waals surface area (Å²) in [6.07, 6.45) is 0. The second-order valence-corrected chi connectivity index (χ2v) is 5.35. The standard InChI is InChI=1S/C14H12ClFOS/c15-12-3-1-10(2-4-12)9-18-14-6-11(8-17)5-13(16)7-14/h1-7,17H,8-9H2. The van der Waals surface area contributed by atoms with Crippen LogP contribution in [0.4, 0.5) is 4.39 Å². The van der Waals surface area contributed by atoms with Gasteiger partial charge in [-0.3, -0.25) is 0 Å². The minimum absolute atomic E-state index is 0.147. The summed E-state index contributed by atoms with van der Waals surface area (Å²) in [4.78, 5) is 0.814. The molecular formula is C14H12ClFOS. The Morgan fingerprint density at radius 3 is 2.44 bits per heavy atom. The number of halogens is 2. The third kappa shape index (κ3) is 3.73. The van der Waals surface area contributed by atoms with Gasteiger partial charge in [-0.1, -0.05) is 23.7 Å². The van der Waals surface area contributed by atoms with Crippen LogP contribution in [0.1, 0.15) is 11.1 Å². The molecule has 2 aromatic rings. The number of thioether (sulfide) groups is 1. The zero-order valence-electron chi connectivity index (χ0n) is 9.57. The Bertz CT molecular complexity index is 528. The van der Waals surface area contributed by atoms with E-state index in [4.69, 9.17) is 16.7 Å². The molecule has 4 heteroatoms. The summed E-state index contributed by atoms with van der Waals surface area (Å²) in [5.74, 6) is 0.422. The molecule has 0 saturated heterocycles. The maximum atomic E-state index is 13.3. The number of benzene rings is 2. The van der Waals surface area contributed by atoms with E-state index < -0.39 is 0 Å². The third-order valence-electron chi connectivity index (χ3n) is 2.43. The van der Waals surface area contributed by atoms with Gasteiger partial charge in [0.1, 0.15) is 5.82 Å². The lowest BCUT2D eigenvalue weighted by Crippen LogP contribution is -1.87. The molecule has 0 saturated carbocycles. The second kappa shape index (κ2) is 6.23. The van der Waals surface area contributed by atoms with Gasteiger partial charge in [-0.05, 0) is 41.5 Å². The van der Waals surface area contributed by atoms with Crippen LogP contribution in [0.3, 0.4) is 0 Å². The average molecular weight is 283 g/mol. The Labute approximate surface area is 115 Å². The minimum Gasteiger partial charge on any atom is -0.392 e. The topological polar surface area (TPSA) is 20.2 Å². The summed E-state index contributed by atoms with van der Waals surface area (Å²) in [5.41, 5.74) is 1.72. The molecule has 0 aliphatic heterocycles. The molecular weight excluding hydrogens is 271 g/mol. The van der Waals surface area contributed by atoms with Crippen molar-refractivity contribution < 1.29 is 9.50 Å². The van der Waals surface area contributed by atoms with Gasteiger partial charge in [0, 0.05) is 15.7 Å². The maximum Gasteiger partial charge on any atom is 0.124 e. The van der Waals surface area contributed by atoms with E-state index >= 15 is 0 Å². The molecule has 0 spiro atoms. The Kier molecular flexibility index (Phi) is 4.64. The fourth-order valence-electron chi connectivity index (χ4n) is 1.54. The smallest absolute Gasteiger partial charge is 0.124 e. The van der Waals surface area contributed by atoms with Gasteiger partial charge in [0.25, 0.3) is 0 Å². The lowest BCUT2D eigenvalue weighted by atomic mass is 10.2. The van der Waals surface area contributed by atoms with E-state index in [1.165, 1.54) is 23.9 Å². The van der Waals surface area contributed by atoms with Crippen LogP contribution in [0.15, 0.2) is 47.4 Å². The van der Waals surface area contributed by atoms with Crippen LogP contribution < -0.4 is 0 Å². The molecule has 0 atom stereocenters. The van der Waals surface area contributed by atoms with E-state index in [1.807, 2.05) is 24.3 Å². The first kappa shape index (κ1) is 13.4. The van der Waals surface area contributed by atoms with Crippen LogP contribution in [-0.4, -0.2) is 5.11 Å². The molecule has 18 heavy (non-hydrogen) atoms. The van der Waals surface area contributed by atoms with Crippen LogP contribution in [0.25, 0.3) is 0 Å². The first-order valence-corrected chi connectivity index (χ1v) is 6.81. The number of aliphatic hydroxyl groups is 1. The van der Waals surface area contributed by atoms with E-state index in [0.29, 0.717) is 10.6 Å². The highest BCUT2D eigenvalue weighted by Gasteiger charge is 2.02. The van der Waals surface area contributed by atoms with Gasteiger partial charge in [-0.2, -0.15) is 0 Å². The molecule has 0 unspecified atom stereocenters. The van der Waals surface area contributed by atoms with Crippen LogP contribution >= 0.6 is 23.4 Å². The summed E-state index contributed by atoms with van der Waals surface area (Å²) in [6, 6.07) is 12.2. The summed E-state index contributed by atoms with van der Waals surface area (Å²) in [7, 11) is 0. The minimum atomic E-state index is -0.319. The first-order chi connectivity index (χ1) is 8.67. The zero-order valence-corrected chi connectivity index (χ0v) is 11.1. The summed E-state index contributed by atoms with van der Waals surface area (Å²) in [6.45, 7) is -0.147. The van der Waals surface area contributed by atoms with Crippen LogP contribution in [-0.2, 0) is 12.4 Å². The van der Waals surface area contributed by atoms with Gasteiger partial charge in [-0.15, -0.1) is 11.8 Å². The second-order valence-electron chi connectivity index (χ2n) is 3.87. The number of hydrogen-bond acceptors (Lipinski definition) is 2. The number of hydrogen-bond donors (Lipinski definition) is 1. The predicted molar refractivity (Wildman–Crippen MR) is 73.3 cm³/mol. The van der Waals surface area contributed by atoms with Crippen molar-refractivity contribution in [3.8, 4) is 0 Å². The van der Waals surface area contributed by atoms with Crippen molar-refractivity contribution >= 4 is 23.4 Å². The summed E-state index contributed by atoms with van der Waals surface area (Å²) < 4.78 is 13.3. The van der Waals surface area contributed by atoms with Crippen LogP contribution in [0.2, 0.25) is 5.02 Å². The molecule has 0 fully saturated rings. The molecule has 0 heterocycles. The lowest BCUT2D eigenvalue weighted by Gasteiger charge is -2.05. The van der Waals surface area contributed by atoms with Crippen molar-refractivity contribution in [2.24, 2.45) is 0 Å². The highest BCUT2D eigenvalue weighted by molar-refractivity contribution is 7.98. The highest BCUT2D eigenvalue weighted by atomic mass is 35.5. The van der Waals surface area contributed by atoms with Gasteiger partial charge in [0.2, 0.25) is 0 Å². The number of aliphatic hydroxyl groups excluding tert-OH is 1. The maximum absolute atomic E-state index is 13.3. The molecule has 0 bridgehead atoms. The Hall–Kier alpha value is -1.03. The zero-order chi connectivity index (χ0) is 13.0. The van der Waals surface area contributed by atoms with Gasteiger partial charge in [-0.25, -0.2) is 4.39 Å². The molecule has 0 aromatic heterocycles. The van der Waals surface area contributed by atoms with Crippen molar-refractivity contribution in [1.82, 2.24) is 0 Å². The molecule has 1 nitrogen and oxygen atoms in total. The van der Waals surface area contributed by atoms with Gasteiger partial charge in [0.05, 0.1) is 6.61 Å². The van der Waals surface area contributed by atoms with Crippen molar-refractivity contribution in [1.29, 1.82) is 0 Å². The summed E-state index contributed by atoms with van der Waals surface area (Å²) >= 11 is 7.33. The van der Waals surface area contributed by atoms with E-state index in [2.05, 4.69) is 0 Å². The van der Waals surface area contributed by atoms with Crippen molar-refractivity contribution in [3.63, 3.8) is 0 Å². The van der Waals surface area contributed by atoms with Crippen molar-refractivity contribution in [2.45, 2.75) is 17.3 Å². The fourth-order valence-corrected chi connectivity index (χ4v) is 2.63. The van der Waals surface area contributed by atoms with Crippen molar-refractivity contribution in [3.05, 3.63) is 64.4 Å². The highest BCUT2D eigenvalue weighted by Crippen LogP contribution is 2.25. The molecule has 1 N–H and O–H groups in total. The molecule has 0 aliphatic rings. The number of rotatable bonds is 4. The lowest BCUT2D eigenvalue weighted by molar-refractivity contribution is 0.281. The molecule has 0 radical (unpaired) electrons. The largest absolute Gasteiger partial charge is 0.392 e. The fraction of sp³-hybridized carbons (Fsp3) is 0.143. The van der Waals surface area contributed by atoms with Crippen LogP contribution in [0.5, 0.6) is 0 Å². The van der Waals surface area contributed by atoms with Gasteiger partial charge < -0.3 is 5.11 Å². The van der Waals surface area contributed by atoms with Gasteiger partial charge in [0.15, 0.2) is 0 Å². The Morgan fingerprint density at radius 1 is 1.06 bits per heavy atom. The SMILES string of the molecule is OCc1cc(F)cc(SCc2ccc(Cl)cc2)c1. The van der Waals surface area contributed by atoms with E-state index in [-0.39, 0.29) is 12.4 Å². The predicted octanol–water partition coefficient (Wildman–Crippen LogP) is 4.26. The molecule has 2 rings (SSSR count). The summed E-state index contributed by atoms with van der Waals surface area (Å²) in [5, 5.41) is 9.72. The third-order valence-corrected chi connectivity index (χ3v) is 3.73. The van der Waals surface area contributed by atoms with Crippen molar-refractivity contribution in [2.75, 3.05) is 0 Å². The average Bonchev–Trinajstić information content (AvgIpc) is 2.37. The Balaban J connectivity index is 2.05. The quantitative estimate of drug-likeness (QED) is 0.846. The van der Waals surface area contributed by atoms with E-state index in [1.54, 1.807) is 6.07 Å². The Morgan fingerprint density at radius 2 is 1.78 bits per heavy atom. The van der Waals surface area contributed by atoms with E-state index in [0.717, 1.165) is 16.2 Å². The normalized spacial score (nSPS) is 10.6.